The van der Waals surface area contributed by atoms with Crippen molar-refractivity contribution >= 4 is 0 Å². The van der Waals surface area contributed by atoms with Crippen LogP contribution in [-0.2, 0) is 0 Å². The molecule has 3 nitrogen and oxygen atoms in total. The van der Waals surface area contributed by atoms with E-state index in [0.29, 0.717) is 12.1 Å². The van der Waals surface area contributed by atoms with E-state index in [1.54, 1.807) is 0 Å². The molecule has 1 heterocycles. The molecular weight excluding hydrogens is 198 g/mol. The molecule has 0 radical (unpaired) electrons. The Hall–Kier alpha value is -0.120. The molecular formula is C13H29N3. The van der Waals surface area contributed by atoms with Gasteiger partial charge in [0.2, 0.25) is 0 Å². The van der Waals surface area contributed by atoms with Gasteiger partial charge in [-0.15, -0.1) is 0 Å². The number of likely N-dealkylation sites (tertiary alicyclic amines) is 1. The molecule has 0 aliphatic carbocycles. The Kier molecular flexibility index (Phi) is 4.77. The summed E-state index contributed by atoms with van der Waals surface area (Å²) in [5.41, 5.74) is 6.21. The van der Waals surface area contributed by atoms with Gasteiger partial charge in [-0.25, -0.2) is 0 Å². The maximum atomic E-state index is 5.95. The third-order valence-corrected chi connectivity index (χ3v) is 3.89. The maximum absolute atomic E-state index is 5.95. The molecule has 0 aromatic heterocycles. The van der Waals surface area contributed by atoms with Crippen molar-refractivity contribution in [3.8, 4) is 0 Å². The summed E-state index contributed by atoms with van der Waals surface area (Å²) in [6, 6.07) is 1.15. The van der Waals surface area contributed by atoms with Gasteiger partial charge in [-0.2, -0.15) is 0 Å². The molecule has 1 rings (SSSR count). The Morgan fingerprint density at radius 3 is 2.50 bits per heavy atom. The molecule has 1 aliphatic heterocycles. The molecule has 96 valence electrons. The van der Waals surface area contributed by atoms with Gasteiger partial charge in [-0.3, -0.25) is 4.90 Å². The molecule has 16 heavy (non-hydrogen) atoms. The Balaban J connectivity index is 2.63. The molecule has 2 N–H and O–H groups in total. The van der Waals surface area contributed by atoms with Crippen molar-refractivity contribution < 1.29 is 0 Å². The number of nitrogens with zero attached hydrogens (tertiary/aromatic N) is 2. The SMILES string of the molecule is CN1CCCC(N(C)C(CN)C(C)(C)C)C1. The summed E-state index contributed by atoms with van der Waals surface area (Å²) in [7, 11) is 4.46. The standard InChI is InChI=1S/C13H29N3/c1-13(2,3)12(9-14)16(5)11-7-6-8-15(4)10-11/h11-12H,6-10,14H2,1-5H3. The summed E-state index contributed by atoms with van der Waals surface area (Å²) in [6.07, 6.45) is 2.63. The fourth-order valence-electron chi connectivity index (χ4n) is 2.86. The van der Waals surface area contributed by atoms with Crippen molar-refractivity contribution in [3.63, 3.8) is 0 Å². The highest BCUT2D eigenvalue weighted by molar-refractivity contribution is 4.88. The summed E-state index contributed by atoms with van der Waals surface area (Å²) in [5.74, 6) is 0. The van der Waals surface area contributed by atoms with E-state index in [-0.39, 0.29) is 5.41 Å². The minimum absolute atomic E-state index is 0.263. The Morgan fingerprint density at radius 2 is 2.06 bits per heavy atom. The number of hydrogen-bond donors (Lipinski definition) is 1. The Labute approximate surface area is 101 Å². The molecule has 1 aliphatic rings. The van der Waals surface area contributed by atoms with E-state index >= 15 is 0 Å². The molecule has 1 fully saturated rings. The first-order valence-corrected chi connectivity index (χ1v) is 6.46. The minimum Gasteiger partial charge on any atom is -0.329 e. The van der Waals surface area contributed by atoms with Gasteiger partial charge >= 0.3 is 0 Å². The first kappa shape index (κ1) is 13.9. The van der Waals surface area contributed by atoms with Crippen LogP contribution in [0.15, 0.2) is 0 Å². The quantitative estimate of drug-likeness (QED) is 0.791. The highest BCUT2D eigenvalue weighted by Crippen LogP contribution is 2.26. The number of rotatable bonds is 3. The first-order valence-electron chi connectivity index (χ1n) is 6.46. The zero-order valence-corrected chi connectivity index (χ0v) is 11.7. The van der Waals surface area contributed by atoms with E-state index in [2.05, 4.69) is 44.7 Å². The summed E-state index contributed by atoms with van der Waals surface area (Å²) in [5, 5.41) is 0. The number of piperidine rings is 1. The van der Waals surface area contributed by atoms with Crippen LogP contribution >= 0.6 is 0 Å². The summed E-state index contributed by atoms with van der Waals surface area (Å²) in [6.45, 7) is 10.0. The lowest BCUT2D eigenvalue weighted by Gasteiger charge is -2.44. The fourth-order valence-corrected chi connectivity index (χ4v) is 2.86. The third kappa shape index (κ3) is 3.44. The summed E-state index contributed by atoms with van der Waals surface area (Å²) >= 11 is 0. The van der Waals surface area contributed by atoms with Gasteiger partial charge in [0, 0.05) is 25.2 Å². The predicted molar refractivity (Wildman–Crippen MR) is 70.6 cm³/mol. The summed E-state index contributed by atoms with van der Waals surface area (Å²) in [4.78, 5) is 4.94. The minimum atomic E-state index is 0.263. The van der Waals surface area contributed by atoms with E-state index in [9.17, 15) is 0 Å². The fraction of sp³-hybridized carbons (Fsp3) is 1.00. The van der Waals surface area contributed by atoms with E-state index in [1.165, 1.54) is 25.9 Å². The van der Waals surface area contributed by atoms with Crippen molar-refractivity contribution in [3.05, 3.63) is 0 Å². The number of likely N-dealkylation sites (N-methyl/N-ethyl adjacent to an activating group) is 2. The normalized spacial score (nSPS) is 26.1. The van der Waals surface area contributed by atoms with Gasteiger partial charge in [0.15, 0.2) is 0 Å². The molecule has 0 aromatic carbocycles. The van der Waals surface area contributed by atoms with Crippen LogP contribution in [0, 0.1) is 5.41 Å². The van der Waals surface area contributed by atoms with Crippen LogP contribution < -0.4 is 5.73 Å². The van der Waals surface area contributed by atoms with Crippen molar-refractivity contribution in [2.75, 3.05) is 33.7 Å². The van der Waals surface area contributed by atoms with E-state index in [0.717, 1.165) is 6.54 Å². The van der Waals surface area contributed by atoms with Crippen LogP contribution in [-0.4, -0.2) is 55.6 Å². The largest absolute Gasteiger partial charge is 0.329 e. The highest BCUT2D eigenvalue weighted by Gasteiger charge is 2.32. The van der Waals surface area contributed by atoms with Gasteiger partial charge in [0.1, 0.15) is 0 Å². The first-order chi connectivity index (χ1) is 7.36. The Morgan fingerprint density at radius 1 is 1.44 bits per heavy atom. The molecule has 3 heteroatoms. The average Bonchev–Trinajstić information content (AvgIpc) is 2.16. The number of hydrogen-bond acceptors (Lipinski definition) is 3. The average molecular weight is 227 g/mol. The van der Waals surface area contributed by atoms with Crippen LogP contribution in [0.25, 0.3) is 0 Å². The van der Waals surface area contributed by atoms with E-state index in [4.69, 9.17) is 5.73 Å². The van der Waals surface area contributed by atoms with Crippen molar-refractivity contribution in [2.24, 2.45) is 11.1 Å². The molecule has 1 saturated heterocycles. The van der Waals surface area contributed by atoms with Crippen LogP contribution in [0.2, 0.25) is 0 Å². The van der Waals surface area contributed by atoms with Crippen molar-refractivity contribution in [1.82, 2.24) is 9.80 Å². The van der Waals surface area contributed by atoms with Crippen LogP contribution in [0.5, 0.6) is 0 Å². The van der Waals surface area contributed by atoms with Crippen LogP contribution in [0.3, 0.4) is 0 Å². The molecule has 2 unspecified atom stereocenters. The molecule has 0 saturated carbocycles. The van der Waals surface area contributed by atoms with Crippen LogP contribution in [0.4, 0.5) is 0 Å². The van der Waals surface area contributed by atoms with Gasteiger partial charge in [0.25, 0.3) is 0 Å². The topological polar surface area (TPSA) is 32.5 Å². The highest BCUT2D eigenvalue weighted by atomic mass is 15.2. The lowest BCUT2D eigenvalue weighted by Crippen LogP contribution is -2.55. The maximum Gasteiger partial charge on any atom is 0.0267 e. The zero-order chi connectivity index (χ0) is 12.3. The molecule has 0 amide bonds. The van der Waals surface area contributed by atoms with Gasteiger partial charge < -0.3 is 10.6 Å². The predicted octanol–water partition coefficient (Wildman–Crippen LogP) is 1.39. The number of nitrogens with two attached hydrogens (primary N) is 1. The Bertz CT molecular complexity index is 210. The van der Waals surface area contributed by atoms with E-state index in [1.807, 2.05) is 0 Å². The third-order valence-electron chi connectivity index (χ3n) is 3.89. The van der Waals surface area contributed by atoms with Crippen molar-refractivity contribution in [1.29, 1.82) is 0 Å². The van der Waals surface area contributed by atoms with Crippen LogP contribution in [0.1, 0.15) is 33.6 Å². The molecule has 0 bridgehead atoms. The van der Waals surface area contributed by atoms with Gasteiger partial charge in [-0.1, -0.05) is 20.8 Å². The summed E-state index contributed by atoms with van der Waals surface area (Å²) < 4.78 is 0. The lowest BCUT2D eigenvalue weighted by atomic mass is 9.84. The van der Waals surface area contributed by atoms with Gasteiger partial charge in [0.05, 0.1) is 0 Å². The van der Waals surface area contributed by atoms with Crippen molar-refractivity contribution in [2.45, 2.75) is 45.7 Å². The van der Waals surface area contributed by atoms with Gasteiger partial charge in [-0.05, 0) is 38.9 Å². The lowest BCUT2D eigenvalue weighted by molar-refractivity contribution is 0.0519. The molecule has 0 spiro atoms. The zero-order valence-electron chi connectivity index (χ0n) is 11.7. The second-order valence-electron chi connectivity index (χ2n) is 6.34. The van der Waals surface area contributed by atoms with E-state index < -0.39 is 0 Å². The second-order valence-corrected chi connectivity index (χ2v) is 6.34. The second kappa shape index (κ2) is 5.48. The monoisotopic (exact) mass is 227 g/mol. The molecule has 2 atom stereocenters. The smallest absolute Gasteiger partial charge is 0.0267 e. The molecule has 0 aromatic rings.